The summed E-state index contributed by atoms with van der Waals surface area (Å²) in [6.07, 6.45) is 0. The van der Waals surface area contributed by atoms with Gasteiger partial charge in [0.05, 0.1) is 5.56 Å². The van der Waals surface area contributed by atoms with Crippen LogP contribution in [-0.4, -0.2) is 16.4 Å². The number of carbonyl (C=O) groups excluding carboxylic acids is 2. The van der Waals surface area contributed by atoms with Crippen molar-refractivity contribution < 1.29 is 9.59 Å². The number of hydrogen-bond donors (Lipinski definition) is 2. The minimum Gasteiger partial charge on any atom is -0.318 e. The lowest BCUT2D eigenvalue weighted by Crippen LogP contribution is -2.46. The van der Waals surface area contributed by atoms with E-state index in [4.69, 9.17) is 0 Å². The number of para-hydroxylation sites is 1. The van der Waals surface area contributed by atoms with Gasteiger partial charge in [0.25, 0.3) is 5.91 Å². The van der Waals surface area contributed by atoms with E-state index in [2.05, 4.69) is 10.9 Å². The Morgan fingerprint density at radius 3 is 2.17 bits per heavy atom. The van der Waals surface area contributed by atoms with Crippen molar-refractivity contribution in [2.75, 3.05) is 0 Å². The number of aromatic nitrogens is 1. The van der Waals surface area contributed by atoms with Crippen molar-refractivity contribution in [2.45, 2.75) is 34.6 Å². The molecule has 1 heterocycles. The Morgan fingerprint density at radius 1 is 1.00 bits per heavy atom. The van der Waals surface area contributed by atoms with Gasteiger partial charge in [-0.1, -0.05) is 39.0 Å². The normalized spacial score (nSPS) is 11.2. The molecule has 2 aromatic rings. The van der Waals surface area contributed by atoms with Gasteiger partial charge >= 0.3 is 0 Å². The maximum atomic E-state index is 12.4. The summed E-state index contributed by atoms with van der Waals surface area (Å²) in [6.45, 7) is 9.20. The first-order valence-electron chi connectivity index (χ1n) is 7.57. The molecular formula is C18H23N3O2. The van der Waals surface area contributed by atoms with Crippen molar-refractivity contribution >= 4 is 11.8 Å². The lowest BCUT2D eigenvalue weighted by Gasteiger charge is -2.17. The van der Waals surface area contributed by atoms with Crippen molar-refractivity contribution in [3.8, 4) is 5.69 Å². The molecule has 0 fully saturated rings. The average molecular weight is 313 g/mol. The van der Waals surface area contributed by atoms with Crippen LogP contribution in [0.15, 0.2) is 36.4 Å². The number of benzene rings is 1. The molecule has 23 heavy (non-hydrogen) atoms. The van der Waals surface area contributed by atoms with Crippen LogP contribution in [0.5, 0.6) is 0 Å². The van der Waals surface area contributed by atoms with Gasteiger partial charge in [-0.05, 0) is 32.0 Å². The van der Waals surface area contributed by atoms with E-state index < -0.39 is 5.41 Å². The number of carbonyl (C=O) groups is 2. The zero-order valence-electron chi connectivity index (χ0n) is 14.2. The van der Waals surface area contributed by atoms with Gasteiger partial charge in [0.1, 0.15) is 0 Å². The number of aryl methyl sites for hydroxylation is 1. The van der Waals surface area contributed by atoms with Gasteiger partial charge in [0, 0.05) is 22.5 Å². The number of hydrazine groups is 1. The summed E-state index contributed by atoms with van der Waals surface area (Å²) in [5.41, 5.74) is 7.73. The van der Waals surface area contributed by atoms with Crippen LogP contribution in [0.4, 0.5) is 0 Å². The second kappa shape index (κ2) is 6.28. The van der Waals surface area contributed by atoms with Crippen LogP contribution in [0.1, 0.15) is 42.5 Å². The maximum Gasteiger partial charge on any atom is 0.271 e. The van der Waals surface area contributed by atoms with Gasteiger partial charge < -0.3 is 4.57 Å². The molecular weight excluding hydrogens is 290 g/mol. The largest absolute Gasteiger partial charge is 0.318 e. The number of amides is 2. The van der Waals surface area contributed by atoms with Crippen molar-refractivity contribution in [3.05, 3.63) is 53.3 Å². The molecule has 2 N–H and O–H groups in total. The van der Waals surface area contributed by atoms with Crippen LogP contribution < -0.4 is 10.9 Å². The van der Waals surface area contributed by atoms with Crippen LogP contribution in [0.3, 0.4) is 0 Å². The summed E-state index contributed by atoms with van der Waals surface area (Å²) in [5, 5.41) is 0. The molecule has 0 bridgehead atoms. The number of nitrogens with one attached hydrogen (secondary N) is 2. The Hall–Kier alpha value is -2.56. The Kier molecular flexibility index (Phi) is 4.59. The standard InChI is InChI=1S/C18H23N3O2/c1-12-11-15(16(22)19-20-17(23)18(3,4)5)13(2)21(12)14-9-7-6-8-10-14/h6-11H,1-5H3,(H,19,22)(H,20,23). The lowest BCUT2D eigenvalue weighted by molar-refractivity contribution is -0.129. The molecule has 5 nitrogen and oxygen atoms in total. The molecule has 0 saturated carbocycles. The monoisotopic (exact) mass is 313 g/mol. The van der Waals surface area contributed by atoms with Crippen molar-refractivity contribution in [2.24, 2.45) is 5.41 Å². The average Bonchev–Trinajstić information content (AvgIpc) is 2.79. The van der Waals surface area contributed by atoms with E-state index >= 15 is 0 Å². The molecule has 0 aliphatic rings. The highest BCUT2D eigenvalue weighted by Crippen LogP contribution is 2.20. The van der Waals surface area contributed by atoms with E-state index in [9.17, 15) is 9.59 Å². The molecule has 0 radical (unpaired) electrons. The van der Waals surface area contributed by atoms with Crippen LogP contribution in [0.2, 0.25) is 0 Å². The molecule has 0 aliphatic heterocycles. The second-order valence-corrected chi connectivity index (χ2v) is 6.61. The van der Waals surface area contributed by atoms with Gasteiger partial charge in [0.15, 0.2) is 0 Å². The first kappa shape index (κ1) is 16.8. The van der Waals surface area contributed by atoms with Crippen LogP contribution in [0, 0.1) is 19.3 Å². The number of rotatable bonds is 2. The molecule has 2 amide bonds. The highest BCUT2D eigenvalue weighted by molar-refractivity contribution is 5.97. The highest BCUT2D eigenvalue weighted by atomic mass is 16.2. The van der Waals surface area contributed by atoms with E-state index in [0.717, 1.165) is 17.1 Å². The first-order valence-corrected chi connectivity index (χ1v) is 7.57. The second-order valence-electron chi connectivity index (χ2n) is 6.61. The van der Waals surface area contributed by atoms with Gasteiger partial charge in [0.2, 0.25) is 5.91 Å². The zero-order chi connectivity index (χ0) is 17.2. The summed E-state index contributed by atoms with van der Waals surface area (Å²) in [6, 6.07) is 11.7. The Labute approximate surface area is 136 Å². The molecule has 0 atom stereocenters. The van der Waals surface area contributed by atoms with Crippen molar-refractivity contribution in [1.29, 1.82) is 0 Å². The quantitative estimate of drug-likeness (QED) is 0.837. The minimum atomic E-state index is -0.561. The van der Waals surface area contributed by atoms with E-state index in [1.165, 1.54) is 0 Å². The highest BCUT2D eigenvalue weighted by Gasteiger charge is 2.22. The fourth-order valence-electron chi connectivity index (χ4n) is 2.34. The van der Waals surface area contributed by atoms with Gasteiger partial charge in [-0.25, -0.2) is 0 Å². The Balaban J connectivity index is 2.22. The molecule has 1 aromatic heterocycles. The third-order valence-corrected chi connectivity index (χ3v) is 3.66. The molecule has 0 unspecified atom stereocenters. The predicted octanol–water partition coefficient (Wildman–Crippen LogP) is 2.90. The molecule has 1 aromatic carbocycles. The summed E-state index contributed by atoms with van der Waals surface area (Å²) < 4.78 is 2.01. The first-order chi connectivity index (χ1) is 10.7. The summed E-state index contributed by atoms with van der Waals surface area (Å²) in [5.74, 6) is -0.555. The Bertz CT molecular complexity index is 725. The summed E-state index contributed by atoms with van der Waals surface area (Å²) in [7, 11) is 0. The van der Waals surface area contributed by atoms with Gasteiger partial charge in [-0.3, -0.25) is 20.4 Å². The molecule has 0 saturated heterocycles. The number of hydrogen-bond acceptors (Lipinski definition) is 2. The van der Waals surface area contributed by atoms with E-state index in [-0.39, 0.29) is 11.8 Å². The fraction of sp³-hybridized carbons (Fsp3) is 0.333. The third-order valence-electron chi connectivity index (χ3n) is 3.66. The van der Waals surface area contributed by atoms with E-state index in [1.807, 2.05) is 54.8 Å². The molecule has 5 heteroatoms. The third kappa shape index (κ3) is 3.62. The van der Waals surface area contributed by atoms with Crippen LogP contribution >= 0.6 is 0 Å². The van der Waals surface area contributed by atoms with E-state index in [0.29, 0.717) is 5.56 Å². The molecule has 0 aliphatic carbocycles. The maximum absolute atomic E-state index is 12.4. The molecule has 122 valence electrons. The molecule has 2 rings (SSSR count). The smallest absolute Gasteiger partial charge is 0.271 e. The summed E-state index contributed by atoms with van der Waals surface area (Å²) >= 11 is 0. The van der Waals surface area contributed by atoms with Crippen molar-refractivity contribution in [1.82, 2.24) is 15.4 Å². The molecule has 0 spiro atoms. The minimum absolute atomic E-state index is 0.234. The SMILES string of the molecule is Cc1cc(C(=O)NNC(=O)C(C)(C)C)c(C)n1-c1ccccc1. The van der Waals surface area contributed by atoms with Crippen LogP contribution in [0.25, 0.3) is 5.69 Å². The topological polar surface area (TPSA) is 63.1 Å². The van der Waals surface area contributed by atoms with Crippen molar-refractivity contribution in [3.63, 3.8) is 0 Å². The summed E-state index contributed by atoms with van der Waals surface area (Å²) in [4.78, 5) is 24.2. The van der Waals surface area contributed by atoms with Gasteiger partial charge in [-0.15, -0.1) is 0 Å². The Morgan fingerprint density at radius 2 is 1.61 bits per heavy atom. The van der Waals surface area contributed by atoms with E-state index in [1.54, 1.807) is 20.8 Å². The predicted molar refractivity (Wildman–Crippen MR) is 90.3 cm³/mol. The lowest BCUT2D eigenvalue weighted by atomic mass is 9.96. The van der Waals surface area contributed by atoms with Gasteiger partial charge in [-0.2, -0.15) is 0 Å². The zero-order valence-corrected chi connectivity index (χ0v) is 14.2. The number of nitrogens with zero attached hydrogens (tertiary/aromatic N) is 1. The fourth-order valence-corrected chi connectivity index (χ4v) is 2.34. The van der Waals surface area contributed by atoms with Crippen LogP contribution in [-0.2, 0) is 4.79 Å².